The summed E-state index contributed by atoms with van der Waals surface area (Å²) in [4.78, 5) is 11.1. The summed E-state index contributed by atoms with van der Waals surface area (Å²) in [7, 11) is 0. The van der Waals surface area contributed by atoms with Crippen LogP contribution in [0.5, 0.6) is 0 Å². The number of anilines is 1. The van der Waals surface area contributed by atoms with Crippen molar-refractivity contribution in [2.24, 2.45) is 0 Å². The fourth-order valence-electron chi connectivity index (χ4n) is 1.85. The molecule has 0 heterocycles. The van der Waals surface area contributed by atoms with Crippen molar-refractivity contribution >= 4 is 27.6 Å². The number of unbranched alkanes of at least 4 members (excludes halogenated alkanes) is 2. The van der Waals surface area contributed by atoms with Gasteiger partial charge in [0.1, 0.15) is 0 Å². The van der Waals surface area contributed by atoms with Crippen molar-refractivity contribution < 1.29 is 9.53 Å². The summed E-state index contributed by atoms with van der Waals surface area (Å²) in [5, 5.41) is 3.42. The molecule has 3 nitrogen and oxygen atoms in total. The zero-order valence-electron chi connectivity index (χ0n) is 11.7. The van der Waals surface area contributed by atoms with Crippen LogP contribution < -0.4 is 5.32 Å². The number of carbonyl (C=O) groups excluding carboxylic acids is 1. The molecule has 1 rings (SSSR count). The molecule has 0 aromatic heterocycles. The van der Waals surface area contributed by atoms with Gasteiger partial charge in [0.15, 0.2) is 0 Å². The third-order valence-corrected chi connectivity index (χ3v) is 3.36. The zero-order valence-corrected chi connectivity index (χ0v) is 13.3. The molecule has 0 aliphatic carbocycles. The van der Waals surface area contributed by atoms with E-state index in [0.29, 0.717) is 13.0 Å². The highest BCUT2D eigenvalue weighted by Crippen LogP contribution is 2.20. The maximum absolute atomic E-state index is 11.1. The molecular formula is C15H22BrNO2. The van der Waals surface area contributed by atoms with Crippen molar-refractivity contribution in [2.75, 3.05) is 18.5 Å². The quantitative estimate of drug-likeness (QED) is 0.571. The minimum Gasteiger partial charge on any atom is -0.466 e. The first-order valence-corrected chi connectivity index (χ1v) is 7.58. The molecule has 106 valence electrons. The van der Waals surface area contributed by atoms with Gasteiger partial charge in [-0.15, -0.1) is 0 Å². The smallest absolute Gasteiger partial charge is 0.305 e. The van der Waals surface area contributed by atoms with Crippen LogP contribution in [-0.2, 0) is 9.53 Å². The Labute approximate surface area is 123 Å². The van der Waals surface area contributed by atoms with Crippen molar-refractivity contribution in [3.05, 3.63) is 28.2 Å². The third-order valence-electron chi connectivity index (χ3n) is 2.87. The first-order valence-electron chi connectivity index (χ1n) is 6.79. The van der Waals surface area contributed by atoms with Gasteiger partial charge in [-0.25, -0.2) is 0 Å². The molecule has 0 atom stereocenters. The maximum Gasteiger partial charge on any atom is 0.305 e. The van der Waals surface area contributed by atoms with E-state index in [-0.39, 0.29) is 5.97 Å². The molecule has 0 aliphatic heterocycles. The van der Waals surface area contributed by atoms with E-state index in [1.54, 1.807) is 0 Å². The second kappa shape index (κ2) is 8.97. The number of carbonyl (C=O) groups is 1. The van der Waals surface area contributed by atoms with Gasteiger partial charge in [0.2, 0.25) is 0 Å². The van der Waals surface area contributed by atoms with Crippen molar-refractivity contribution in [2.45, 2.75) is 39.5 Å². The van der Waals surface area contributed by atoms with Crippen LogP contribution in [-0.4, -0.2) is 19.1 Å². The van der Waals surface area contributed by atoms with E-state index >= 15 is 0 Å². The predicted octanol–water partition coefficient (Wildman–Crippen LogP) is 4.29. The van der Waals surface area contributed by atoms with Crippen molar-refractivity contribution in [1.82, 2.24) is 0 Å². The second-order valence-electron chi connectivity index (χ2n) is 4.50. The van der Waals surface area contributed by atoms with Crippen LogP contribution in [0.25, 0.3) is 0 Å². The Morgan fingerprint density at radius 3 is 2.79 bits per heavy atom. The lowest BCUT2D eigenvalue weighted by Crippen LogP contribution is -2.05. The summed E-state index contributed by atoms with van der Waals surface area (Å²) < 4.78 is 5.99. The third kappa shape index (κ3) is 6.62. The molecular weight excluding hydrogens is 306 g/mol. The monoisotopic (exact) mass is 327 g/mol. The number of esters is 1. The molecule has 0 aliphatic rings. The number of aryl methyl sites for hydroxylation is 1. The number of halogens is 1. The fourth-order valence-corrected chi connectivity index (χ4v) is 2.33. The largest absolute Gasteiger partial charge is 0.466 e. The van der Waals surface area contributed by atoms with Crippen LogP contribution in [0.2, 0.25) is 0 Å². The molecule has 1 aromatic rings. The lowest BCUT2D eigenvalue weighted by atomic mass is 10.1. The molecule has 0 saturated carbocycles. The molecule has 19 heavy (non-hydrogen) atoms. The van der Waals surface area contributed by atoms with E-state index in [9.17, 15) is 4.79 Å². The minimum atomic E-state index is -0.0841. The molecule has 0 radical (unpaired) electrons. The topological polar surface area (TPSA) is 38.3 Å². The number of nitrogens with one attached hydrogen (secondary N) is 1. The van der Waals surface area contributed by atoms with Crippen LogP contribution in [0.3, 0.4) is 0 Å². The van der Waals surface area contributed by atoms with Crippen LogP contribution >= 0.6 is 15.9 Å². The summed E-state index contributed by atoms with van der Waals surface area (Å²) in [6, 6.07) is 6.22. The Hall–Kier alpha value is -1.03. The molecule has 4 heteroatoms. The molecule has 0 unspecified atom stereocenters. The molecule has 0 spiro atoms. The predicted molar refractivity (Wildman–Crippen MR) is 82.5 cm³/mol. The van der Waals surface area contributed by atoms with Gasteiger partial charge in [0.25, 0.3) is 0 Å². The van der Waals surface area contributed by atoms with Gasteiger partial charge in [-0.1, -0.05) is 22.4 Å². The SMILES string of the molecule is CCOC(=O)CCCCCNc1ccc(Br)cc1C. The average molecular weight is 328 g/mol. The summed E-state index contributed by atoms with van der Waals surface area (Å²) in [5.74, 6) is -0.0841. The van der Waals surface area contributed by atoms with E-state index in [4.69, 9.17) is 4.74 Å². The Morgan fingerprint density at radius 2 is 2.11 bits per heavy atom. The first-order chi connectivity index (χ1) is 9.13. The molecule has 0 saturated heterocycles. The molecule has 1 N–H and O–H groups in total. The highest BCUT2D eigenvalue weighted by Gasteiger charge is 2.01. The lowest BCUT2D eigenvalue weighted by molar-refractivity contribution is -0.143. The van der Waals surface area contributed by atoms with Gasteiger partial charge in [-0.05, 0) is 50.5 Å². The van der Waals surface area contributed by atoms with E-state index in [1.165, 1.54) is 11.3 Å². The van der Waals surface area contributed by atoms with E-state index in [0.717, 1.165) is 30.3 Å². The van der Waals surface area contributed by atoms with Gasteiger partial charge in [-0.2, -0.15) is 0 Å². The Balaban J connectivity index is 2.12. The van der Waals surface area contributed by atoms with E-state index in [1.807, 2.05) is 13.0 Å². The molecule has 0 fully saturated rings. The second-order valence-corrected chi connectivity index (χ2v) is 5.42. The number of ether oxygens (including phenoxy) is 1. The summed E-state index contributed by atoms with van der Waals surface area (Å²) in [5.41, 5.74) is 2.41. The average Bonchev–Trinajstić information content (AvgIpc) is 2.36. The zero-order chi connectivity index (χ0) is 14.1. The fraction of sp³-hybridized carbons (Fsp3) is 0.533. The van der Waals surface area contributed by atoms with Crippen LogP contribution in [0.1, 0.15) is 38.2 Å². The summed E-state index contributed by atoms with van der Waals surface area (Å²) >= 11 is 3.45. The summed E-state index contributed by atoms with van der Waals surface area (Å²) in [6.45, 7) is 5.34. The summed E-state index contributed by atoms with van der Waals surface area (Å²) in [6.07, 6.45) is 3.54. The first kappa shape index (κ1) is 16.0. The number of benzene rings is 1. The van der Waals surface area contributed by atoms with Gasteiger partial charge < -0.3 is 10.1 Å². The van der Waals surface area contributed by atoms with E-state index < -0.39 is 0 Å². The van der Waals surface area contributed by atoms with Crippen LogP contribution in [0, 0.1) is 6.92 Å². The molecule has 1 aromatic carbocycles. The normalized spacial score (nSPS) is 10.3. The van der Waals surface area contributed by atoms with Crippen molar-refractivity contribution in [3.63, 3.8) is 0 Å². The Kier molecular flexibility index (Phi) is 7.56. The minimum absolute atomic E-state index is 0.0841. The maximum atomic E-state index is 11.1. The van der Waals surface area contributed by atoms with Gasteiger partial charge in [0, 0.05) is 23.1 Å². The van der Waals surface area contributed by atoms with E-state index in [2.05, 4.69) is 40.3 Å². The Morgan fingerprint density at radius 1 is 1.32 bits per heavy atom. The van der Waals surface area contributed by atoms with Gasteiger partial charge in [0.05, 0.1) is 6.61 Å². The molecule has 0 bridgehead atoms. The highest BCUT2D eigenvalue weighted by atomic mass is 79.9. The molecule has 0 amide bonds. The lowest BCUT2D eigenvalue weighted by Gasteiger charge is -2.09. The van der Waals surface area contributed by atoms with Crippen LogP contribution in [0.4, 0.5) is 5.69 Å². The standard InChI is InChI=1S/C15H22BrNO2/c1-3-19-15(18)7-5-4-6-10-17-14-9-8-13(16)11-12(14)2/h8-9,11,17H,3-7,10H2,1-2H3. The van der Waals surface area contributed by atoms with Crippen LogP contribution in [0.15, 0.2) is 22.7 Å². The Bertz CT molecular complexity index is 407. The highest BCUT2D eigenvalue weighted by molar-refractivity contribution is 9.10. The van der Waals surface area contributed by atoms with Crippen molar-refractivity contribution in [1.29, 1.82) is 0 Å². The van der Waals surface area contributed by atoms with Crippen molar-refractivity contribution in [3.8, 4) is 0 Å². The number of rotatable bonds is 8. The number of hydrogen-bond donors (Lipinski definition) is 1. The number of hydrogen-bond acceptors (Lipinski definition) is 3. The van der Waals surface area contributed by atoms with Gasteiger partial charge in [-0.3, -0.25) is 4.79 Å². The van der Waals surface area contributed by atoms with Gasteiger partial charge >= 0.3 is 5.97 Å².